The van der Waals surface area contributed by atoms with Crippen molar-refractivity contribution in [2.45, 2.75) is 0 Å². The molecular weight excluding hydrogens is 442 g/mol. The van der Waals surface area contributed by atoms with Crippen LogP contribution in [0.15, 0.2) is 42.6 Å². The van der Waals surface area contributed by atoms with Gasteiger partial charge < -0.3 is 5.32 Å². The van der Waals surface area contributed by atoms with Crippen molar-refractivity contribution in [2.24, 2.45) is 0 Å². The fraction of sp³-hybridized carbons (Fsp3) is 0. The van der Waals surface area contributed by atoms with Crippen LogP contribution in [-0.2, 0) is 0 Å². The summed E-state index contributed by atoms with van der Waals surface area (Å²) in [5.74, 6) is 0.423. The SMILES string of the molecule is O=C(Nc1ccc(I)cn1)c1cccc(I)c1. The third-order valence-corrected chi connectivity index (χ3v) is 3.36. The molecule has 86 valence electrons. The van der Waals surface area contributed by atoms with E-state index in [1.165, 1.54) is 0 Å². The van der Waals surface area contributed by atoms with Crippen LogP contribution in [-0.4, -0.2) is 10.9 Å². The van der Waals surface area contributed by atoms with E-state index in [0.29, 0.717) is 11.4 Å². The van der Waals surface area contributed by atoms with Crippen molar-refractivity contribution < 1.29 is 4.79 Å². The molecule has 0 bridgehead atoms. The van der Waals surface area contributed by atoms with Gasteiger partial charge in [-0.2, -0.15) is 0 Å². The van der Waals surface area contributed by atoms with Gasteiger partial charge in [0.1, 0.15) is 5.82 Å². The molecule has 0 atom stereocenters. The molecule has 17 heavy (non-hydrogen) atoms. The molecule has 2 aromatic rings. The molecule has 5 heteroatoms. The van der Waals surface area contributed by atoms with Crippen molar-refractivity contribution in [2.75, 3.05) is 5.32 Å². The van der Waals surface area contributed by atoms with Crippen LogP contribution in [0.25, 0.3) is 0 Å². The second-order valence-electron chi connectivity index (χ2n) is 3.33. The lowest BCUT2D eigenvalue weighted by Gasteiger charge is -2.04. The number of amides is 1. The molecule has 0 spiro atoms. The quantitative estimate of drug-likeness (QED) is 0.712. The second kappa shape index (κ2) is 5.76. The van der Waals surface area contributed by atoms with Gasteiger partial charge in [-0.05, 0) is 75.5 Å². The summed E-state index contributed by atoms with van der Waals surface area (Å²) in [5.41, 5.74) is 0.636. The third kappa shape index (κ3) is 3.63. The number of nitrogens with one attached hydrogen (secondary N) is 1. The molecule has 1 heterocycles. The van der Waals surface area contributed by atoms with Crippen molar-refractivity contribution in [3.05, 3.63) is 55.3 Å². The number of hydrogen-bond acceptors (Lipinski definition) is 2. The third-order valence-electron chi connectivity index (χ3n) is 2.06. The number of rotatable bonds is 2. The Balaban J connectivity index is 2.14. The van der Waals surface area contributed by atoms with Gasteiger partial charge in [0.05, 0.1) is 0 Å². The van der Waals surface area contributed by atoms with Crippen LogP contribution in [0.4, 0.5) is 5.82 Å². The van der Waals surface area contributed by atoms with Gasteiger partial charge in [0, 0.05) is 18.9 Å². The first kappa shape index (κ1) is 12.7. The average Bonchev–Trinajstić information content (AvgIpc) is 2.32. The Bertz CT molecular complexity index is 540. The Morgan fingerprint density at radius 3 is 2.59 bits per heavy atom. The molecule has 0 aliphatic carbocycles. The molecule has 1 aromatic heterocycles. The molecule has 1 N–H and O–H groups in total. The lowest BCUT2D eigenvalue weighted by atomic mass is 10.2. The second-order valence-corrected chi connectivity index (χ2v) is 5.82. The van der Waals surface area contributed by atoms with Crippen LogP contribution in [0.5, 0.6) is 0 Å². The highest BCUT2D eigenvalue weighted by Crippen LogP contribution is 2.11. The zero-order chi connectivity index (χ0) is 12.3. The summed E-state index contributed by atoms with van der Waals surface area (Å²) in [5, 5.41) is 2.76. The van der Waals surface area contributed by atoms with Gasteiger partial charge in [-0.25, -0.2) is 4.98 Å². The van der Waals surface area contributed by atoms with Crippen LogP contribution in [0.1, 0.15) is 10.4 Å². The zero-order valence-electron chi connectivity index (χ0n) is 8.65. The van der Waals surface area contributed by atoms with Gasteiger partial charge in [-0.3, -0.25) is 4.79 Å². The van der Waals surface area contributed by atoms with E-state index in [4.69, 9.17) is 0 Å². The van der Waals surface area contributed by atoms with Gasteiger partial charge in [0.25, 0.3) is 5.91 Å². The number of pyridine rings is 1. The molecule has 1 aromatic carbocycles. The summed E-state index contributed by atoms with van der Waals surface area (Å²) < 4.78 is 2.07. The van der Waals surface area contributed by atoms with E-state index in [2.05, 4.69) is 55.5 Å². The van der Waals surface area contributed by atoms with Crippen LogP contribution in [0.3, 0.4) is 0 Å². The van der Waals surface area contributed by atoms with Crippen molar-refractivity contribution in [3.63, 3.8) is 0 Å². The van der Waals surface area contributed by atoms with E-state index in [0.717, 1.165) is 7.14 Å². The fourth-order valence-corrected chi connectivity index (χ4v) is 2.13. The molecule has 0 fully saturated rings. The normalized spacial score (nSPS) is 10.0. The number of nitrogens with zero attached hydrogens (tertiary/aromatic N) is 1. The highest BCUT2D eigenvalue weighted by molar-refractivity contribution is 14.1. The summed E-state index contributed by atoms with van der Waals surface area (Å²) in [7, 11) is 0. The molecule has 1 amide bonds. The van der Waals surface area contributed by atoms with Gasteiger partial charge in [-0.15, -0.1) is 0 Å². The van der Waals surface area contributed by atoms with Crippen LogP contribution >= 0.6 is 45.2 Å². The number of anilines is 1. The molecule has 0 radical (unpaired) electrons. The molecule has 3 nitrogen and oxygen atoms in total. The molecular formula is C12H8I2N2O. The Kier molecular flexibility index (Phi) is 4.32. The van der Waals surface area contributed by atoms with E-state index >= 15 is 0 Å². The van der Waals surface area contributed by atoms with Crippen LogP contribution in [0.2, 0.25) is 0 Å². The molecule has 0 aliphatic rings. The summed E-state index contributed by atoms with van der Waals surface area (Å²) in [4.78, 5) is 16.0. The molecule has 0 saturated heterocycles. The summed E-state index contributed by atoms with van der Waals surface area (Å²) in [6.07, 6.45) is 1.71. The molecule has 0 saturated carbocycles. The topological polar surface area (TPSA) is 42.0 Å². The Labute approximate surface area is 126 Å². The van der Waals surface area contributed by atoms with Crippen molar-refractivity contribution in [3.8, 4) is 0 Å². The summed E-state index contributed by atoms with van der Waals surface area (Å²) >= 11 is 4.35. The zero-order valence-corrected chi connectivity index (χ0v) is 13.0. The first-order chi connectivity index (χ1) is 8.15. The first-order valence-electron chi connectivity index (χ1n) is 4.83. The number of hydrogen-bond donors (Lipinski definition) is 1. The number of carbonyl (C=O) groups is 1. The van der Waals surface area contributed by atoms with E-state index in [1.54, 1.807) is 18.3 Å². The standard InChI is InChI=1S/C12H8I2N2O/c13-9-3-1-2-8(6-9)12(17)16-11-5-4-10(14)7-15-11/h1-7H,(H,15,16,17). The Morgan fingerprint density at radius 1 is 1.12 bits per heavy atom. The average molecular weight is 450 g/mol. The Morgan fingerprint density at radius 2 is 1.94 bits per heavy atom. The van der Waals surface area contributed by atoms with Crippen molar-refractivity contribution in [1.29, 1.82) is 0 Å². The van der Waals surface area contributed by atoms with Crippen LogP contribution in [0, 0.1) is 7.14 Å². The minimum atomic E-state index is -0.141. The van der Waals surface area contributed by atoms with Gasteiger partial charge >= 0.3 is 0 Å². The van der Waals surface area contributed by atoms with Gasteiger partial charge in [0.2, 0.25) is 0 Å². The maximum Gasteiger partial charge on any atom is 0.256 e. The maximum atomic E-state index is 11.9. The Hall–Kier alpha value is -0.700. The molecule has 0 unspecified atom stereocenters. The first-order valence-corrected chi connectivity index (χ1v) is 6.99. The largest absolute Gasteiger partial charge is 0.307 e. The van der Waals surface area contributed by atoms with E-state index in [-0.39, 0.29) is 5.91 Å². The van der Waals surface area contributed by atoms with Crippen molar-refractivity contribution >= 4 is 56.9 Å². The lowest BCUT2D eigenvalue weighted by Crippen LogP contribution is -2.12. The van der Waals surface area contributed by atoms with Crippen molar-refractivity contribution in [1.82, 2.24) is 4.98 Å². The number of halogens is 2. The van der Waals surface area contributed by atoms with Gasteiger partial charge in [0.15, 0.2) is 0 Å². The monoisotopic (exact) mass is 450 g/mol. The predicted molar refractivity (Wildman–Crippen MR) is 84.1 cm³/mol. The lowest BCUT2D eigenvalue weighted by molar-refractivity contribution is 0.102. The highest BCUT2D eigenvalue weighted by Gasteiger charge is 2.06. The smallest absolute Gasteiger partial charge is 0.256 e. The molecule has 2 rings (SSSR count). The highest BCUT2D eigenvalue weighted by atomic mass is 127. The number of benzene rings is 1. The number of aromatic nitrogens is 1. The van der Waals surface area contributed by atoms with E-state index in [1.807, 2.05) is 24.3 Å². The summed E-state index contributed by atoms with van der Waals surface area (Å²) in [6.45, 7) is 0. The minimum absolute atomic E-state index is 0.141. The van der Waals surface area contributed by atoms with Gasteiger partial charge in [-0.1, -0.05) is 6.07 Å². The minimum Gasteiger partial charge on any atom is -0.307 e. The summed E-state index contributed by atoms with van der Waals surface area (Å²) in [6, 6.07) is 11.1. The maximum absolute atomic E-state index is 11.9. The van der Waals surface area contributed by atoms with E-state index in [9.17, 15) is 4.79 Å². The number of carbonyl (C=O) groups excluding carboxylic acids is 1. The fourth-order valence-electron chi connectivity index (χ4n) is 1.27. The van der Waals surface area contributed by atoms with E-state index < -0.39 is 0 Å². The predicted octanol–water partition coefficient (Wildman–Crippen LogP) is 3.54. The van der Waals surface area contributed by atoms with Crippen LogP contribution < -0.4 is 5.32 Å². The molecule has 0 aliphatic heterocycles.